The van der Waals surface area contributed by atoms with Crippen molar-refractivity contribution >= 4 is 27.4 Å². The van der Waals surface area contributed by atoms with Gasteiger partial charge in [-0.1, -0.05) is 35.9 Å². The molecule has 0 spiro atoms. The molecule has 2 aromatic carbocycles. The Hall–Kier alpha value is -2.98. The molecular formula is C19H16ClF2N3O4S. The minimum absolute atomic E-state index is 0.131. The van der Waals surface area contributed by atoms with Gasteiger partial charge in [-0.3, -0.25) is 4.72 Å². The average molecular weight is 456 g/mol. The van der Waals surface area contributed by atoms with Crippen LogP contribution in [0, 0.1) is 11.9 Å². The highest BCUT2D eigenvalue weighted by Gasteiger charge is 2.23. The highest BCUT2D eigenvalue weighted by molar-refractivity contribution is 7.92. The molecule has 0 fully saturated rings. The van der Waals surface area contributed by atoms with Crippen LogP contribution in [-0.2, 0) is 16.4 Å². The lowest BCUT2D eigenvalue weighted by Crippen LogP contribution is -2.17. The van der Waals surface area contributed by atoms with Gasteiger partial charge in [0.15, 0.2) is 11.6 Å². The highest BCUT2D eigenvalue weighted by Crippen LogP contribution is 2.38. The average Bonchev–Trinajstić information content (AvgIpc) is 2.72. The molecule has 0 saturated heterocycles. The lowest BCUT2D eigenvalue weighted by atomic mass is 10.1. The molecule has 11 heteroatoms. The second kappa shape index (κ2) is 8.80. The van der Waals surface area contributed by atoms with Gasteiger partial charge in [-0.15, -0.1) is 0 Å². The van der Waals surface area contributed by atoms with E-state index in [4.69, 9.17) is 21.1 Å². The van der Waals surface area contributed by atoms with E-state index < -0.39 is 27.7 Å². The van der Waals surface area contributed by atoms with Crippen LogP contribution in [0.3, 0.4) is 0 Å². The maximum atomic E-state index is 14.9. The maximum absolute atomic E-state index is 14.9. The van der Waals surface area contributed by atoms with Crippen molar-refractivity contribution in [2.45, 2.75) is 11.3 Å². The smallest absolute Gasteiger partial charge is 0.311 e. The molecule has 1 aromatic heterocycles. The first kappa shape index (κ1) is 21.7. The fourth-order valence-electron chi connectivity index (χ4n) is 2.71. The third-order valence-corrected chi connectivity index (χ3v) is 5.81. The Kier molecular flexibility index (Phi) is 6.37. The predicted molar refractivity (Wildman–Crippen MR) is 107 cm³/mol. The van der Waals surface area contributed by atoms with Gasteiger partial charge in [0.05, 0.1) is 24.8 Å². The molecule has 0 aliphatic heterocycles. The second-order valence-corrected chi connectivity index (χ2v) is 8.03. The van der Waals surface area contributed by atoms with E-state index in [1.165, 1.54) is 44.6 Å². The van der Waals surface area contributed by atoms with Crippen molar-refractivity contribution in [2.24, 2.45) is 0 Å². The van der Waals surface area contributed by atoms with E-state index in [1.54, 1.807) is 12.1 Å². The number of hydrogen-bond acceptors (Lipinski definition) is 6. The van der Waals surface area contributed by atoms with Crippen LogP contribution >= 0.6 is 11.6 Å². The molecule has 1 heterocycles. The molecule has 0 atom stereocenters. The molecule has 0 amide bonds. The first-order valence-corrected chi connectivity index (χ1v) is 10.3. The van der Waals surface area contributed by atoms with Crippen LogP contribution in [0.25, 0.3) is 0 Å². The van der Waals surface area contributed by atoms with E-state index in [0.29, 0.717) is 11.3 Å². The maximum Gasteiger partial charge on any atom is 0.311 e. The zero-order valence-electron chi connectivity index (χ0n) is 15.8. The fourth-order valence-corrected chi connectivity index (χ4v) is 4.07. The molecule has 158 valence electrons. The Morgan fingerprint density at radius 2 is 1.73 bits per heavy atom. The molecule has 1 N–H and O–H groups in total. The lowest BCUT2D eigenvalue weighted by molar-refractivity contribution is 0.391. The zero-order chi connectivity index (χ0) is 21.9. The number of nitrogens with zero attached hydrogens (tertiary/aromatic N) is 2. The van der Waals surface area contributed by atoms with Crippen LogP contribution in [0.5, 0.6) is 11.5 Å². The van der Waals surface area contributed by atoms with Crippen LogP contribution in [0.2, 0.25) is 5.02 Å². The summed E-state index contributed by atoms with van der Waals surface area (Å²) in [4.78, 5) is 6.58. The van der Waals surface area contributed by atoms with Gasteiger partial charge in [-0.05, 0) is 18.2 Å². The van der Waals surface area contributed by atoms with Crippen LogP contribution in [-0.4, -0.2) is 32.6 Å². The summed E-state index contributed by atoms with van der Waals surface area (Å²) >= 11 is 6.20. The summed E-state index contributed by atoms with van der Waals surface area (Å²) in [7, 11) is -1.40. The van der Waals surface area contributed by atoms with Gasteiger partial charge in [-0.25, -0.2) is 17.8 Å². The number of aromatic nitrogens is 2. The second-order valence-electron chi connectivity index (χ2n) is 5.97. The van der Waals surface area contributed by atoms with Crippen molar-refractivity contribution in [3.63, 3.8) is 0 Å². The molecule has 3 rings (SSSR count). The van der Waals surface area contributed by atoms with Crippen LogP contribution in [0.15, 0.2) is 47.4 Å². The zero-order valence-corrected chi connectivity index (χ0v) is 17.4. The number of sulfonamides is 1. The van der Waals surface area contributed by atoms with Gasteiger partial charge in [-0.2, -0.15) is 9.37 Å². The van der Waals surface area contributed by atoms with Crippen molar-refractivity contribution in [1.82, 2.24) is 9.97 Å². The number of methoxy groups -OCH3 is 2. The van der Waals surface area contributed by atoms with Gasteiger partial charge in [0, 0.05) is 12.0 Å². The molecule has 0 aliphatic carbocycles. The normalized spacial score (nSPS) is 11.2. The number of rotatable bonds is 7. The van der Waals surface area contributed by atoms with Crippen molar-refractivity contribution in [3.05, 3.63) is 70.6 Å². The summed E-state index contributed by atoms with van der Waals surface area (Å²) in [6.07, 6.45) is -1.53. The third-order valence-electron chi connectivity index (χ3n) is 4.10. The standard InChI is InChI=1S/C19H16ClF2N3O4S/c1-28-14-9-8-11(17(29-2)15(14)20)10-13-16(21)18(24-19(22)23-13)25-30(26,27)12-6-4-3-5-7-12/h3-9H,10H2,1-2H3,(H,23,24,25). The minimum atomic E-state index is -4.18. The number of halogens is 3. The Labute approximate surface area is 176 Å². The lowest BCUT2D eigenvalue weighted by Gasteiger charge is -2.14. The molecular weight excluding hydrogens is 440 g/mol. The monoisotopic (exact) mass is 455 g/mol. The summed E-state index contributed by atoms with van der Waals surface area (Å²) in [6.45, 7) is 0. The summed E-state index contributed by atoms with van der Waals surface area (Å²) in [5.41, 5.74) is 0.00459. The molecule has 3 aromatic rings. The minimum Gasteiger partial charge on any atom is -0.495 e. The Morgan fingerprint density at radius 1 is 1.03 bits per heavy atom. The quantitative estimate of drug-likeness (QED) is 0.545. The summed E-state index contributed by atoms with van der Waals surface area (Å²) in [5, 5.41) is 0.150. The van der Waals surface area contributed by atoms with Gasteiger partial charge in [0.25, 0.3) is 10.0 Å². The molecule has 0 bridgehead atoms. The number of anilines is 1. The first-order chi connectivity index (χ1) is 14.3. The largest absolute Gasteiger partial charge is 0.495 e. The van der Waals surface area contributed by atoms with E-state index in [9.17, 15) is 17.2 Å². The molecule has 30 heavy (non-hydrogen) atoms. The van der Waals surface area contributed by atoms with Crippen LogP contribution < -0.4 is 14.2 Å². The molecule has 0 radical (unpaired) electrons. The number of benzene rings is 2. The van der Waals surface area contributed by atoms with Crippen LogP contribution in [0.4, 0.5) is 14.6 Å². The van der Waals surface area contributed by atoms with Crippen molar-refractivity contribution in [2.75, 3.05) is 18.9 Å². The molecule has 0 aliphatic rings. The Bertz CT molecular complexity index is 1180. The van der Waals surface area contributed by atoms with Crippen molar-refractivity contribution in [3.8, 4) is 11.5 Å². The fraction of sp³-hybridized carbons (Fsp3) is 0.158. The topological polar surface area (TPSA) is 90.4 Å². The predicted octanol–water partition coefficient (Wildman–Crippen LogP) is 3.82. The SMILES string of the molecule is COc1ccc(Cc2nc(F)nc(NS(=O)(=O)c3ccccc3)c2F)c(OC)c1Cl. The van der Waals surface area contributed by atoms with E-state index in [0.717, 1.165) is 0 Å². The molecule has 0 saturated carbocycles. The van der Waals surface area contributed by atoms with Gasteiger partial charge in [0.1, 0.15) is 16.5 Å². The summed E-state index contributed by atoms with van der Waals surface area (Å²) in [5.74, 6) is -1.39. The number of nitrogens with one attached hydrogen (secondary N) is 1. The van der Waals surface area contributed by atoms with E-state index in [2.05, 4.69) is 9.97 Å². The van der Waals surface area contributed by atoms with Crippen molar-refractivity contribution < 1.29 is 26.7 Å². The highest BCUT2D eigenvalue weighted by atomic mass is 35.5. The van der Waals surface area contributed by atoms with E-state index in [-0.39, 0.29) is 27.8 Å². The van der Waals surface area contributed by atoms with Gasteiger partial charge >= 0.3 is 6.08 Å². The molecule has 0 unspecified atom stereocenters. The Morgan fingerprint density at radius 3 is 2.37 bits per heavy atom. The Balaban J connectivity index is 1.99. The summed E-state index contributed by atoms with van der Waals surface area (Å²) in [6, 6.07) is 10.3. The van der Waals surface area contributed by atoms with Crippen molar-refractivity contribution in [1.29, 1.82) is 0 Å². The summed E-state index contributed by atoms with van der Waals surface area (Å²) < 4.78 is 66.1. The first-order valence-electron chi connectivity index (χ1n) is 8.46. The number of ether oxygens (including phenoxy) is 2. The van der Waals surface area contributed by atoms with Crippen LogP contribution in [0.1, 0.15) is 11.3 Å². The number of hydrogen-bond donors (Lipinski definition) is 1. The van der Waals surface area contributed by atoms with E-state index in [1.807, 2.05) is 4.72 Å². The third kappa shape index (κ3) is 4.44. The van der Waals surface area contributed by atoms with E-state index >= 15 is 0 Å². The van der Waals surface area contributed by atoms with Gasteiger partial charge < -0.3 is 9.47 Å². The van der Waals surface area contributed by atoms with Gasteiger partial charge in [0.2, 0.25) is 0 Å². The molecule has 7 nitrogen and oxygen atoms in total.